The molecule has 180 valence electrons. The average Bonchev–Trinajstić information content (AvgIpc) is 3.28. The molecule has 0 bridgehead atoms. The van der Waals surface area contributed by atoms with E-state index in [9.17, 15) is 35.5 Å². The van der Waals surface area contributed by atoms with Gasteiger partial charge in [-0.05, 0) is 55.3 Å². The Morgan fingerprint density at radius 2 is 1.56 bits per heavy atom. The predicted octanol–water partition coefficient (Wildman–Crippen LogP) is 5.93. The standard InChI is InChI=1S/C22H16F7N3O2/c23-17-5-3-12(4-6-17)18-30-31-19(34-18)13-2-1-7-32(11-13)20(33)14-8-15(21(24,25)26)10-16(9-14)22(27,28)29/h3-6,8-10,13H,1-2,7,11H2. The van der Waals surface area contributed by atoms with Crippen LogP contribution in [0, 0.1) is 5.82 Å². The molecule has 5 nitrogen and oxygen atoms in total. The molecule has 1 aliphatic rings. The third kappa shape index (κ3) is 5.05. The Bertz CT molecular complexity index is 1150. The minimum absolute atomic E-state index is 0.0226. The fraction of sp³-hybridized carbons (Fsp3) is 0.318. The summed E-state index contributed by atoms with van der Waals surface area (Å²) in [5.74, 6) is -1.59. The zero-order valence-electron chi connectivity index (χ0n) is 17.3. The average molecular weight is 487 g/mol. The molecule has 1 saturated heterocycles. The van der Waals surface area contributed by atoms with Gasteiger partial charge in [-0.1, -0.05) is 0 Å². The molecule has 1 aromatic heterocycles. The summed E-state index contributed by atoms with van der Waals surface area (Å²) in [6, 6.07) is 6.12. The van der Waals surface area contributed by atoms with Gasteiger partial charge in [0.05, 0.1) is 17.0 Å². The van der Waals surface area contributed by atoms with E-state index in [4.69, 9.17) is 4.42 Å². The van der Waals surface area contributed by atoms with Crippen LogP contribution in [-0.2, 0) is 12.4 Å². The molecule has 2 aromatic carbocycles. The number of carbonyl (C=O) groups is 1. The fourth-order valence-electron chi connectivity index (χ4n) is 3.73. The number of rotatable bonds is 3. The molecule has 1 amide bonds. The highest BCUT2D eigenvalue weighted by atomic mass is 19.4. The highest BCUT2D eigenvalue weighted by Crippen LogP contribution is 2.37. The van der Waals surface area contributed by atoms with Gasteiger partial charge in [-0.25, -0.2) is 4.39 Å². The Labute approximate surface area is 188 Å². The van der Waals surface area contributed by atoms with Gasteiger partial charge in [0.15, 0.2) is 0 Å². The number of hydrogen-bond donors (Lipinski definition) is 0. The van der Waals surface area contributed by atoms with E-state index in [-0.39, 0.29) is 30.9 Å². The topological polar surface area (TPSA) is 59.2 Å². The lowest BCUT2D eigenvalue weighted by Gasteiger charge is -2.31. The first-order valence-electron chi connectivity index (χ1n) is 10.1. The first-order valence-corrected chi connectivity index (χ1v) is 10.1. The minimum atomic E-state index is -5.05. The molecule has 2 heterocycles. The van der Waals surface area contributed by atoms with Crippen LogP contribution in [0.25, 0.3) is 11.5 Å². The number of nitrogens with zero attached hydrogens (tertiary/aromatic N) is 3. The molecule has 34 heavy (non-hydrogen) atoms. The lowest BCUT2D eigenvalue weighted by Crippen LogP contribution is -2.39. The number of piperidine rings is 1. The zero-order valence-corrected chi connectivity index (χ0v) is 17.3. The van der Waals surface area contributed by atoms with Crippen molar-refractivity contribution in [2.75, 3.05) is 13.1 Å². The van der Waals surface area contributed by atoms with Crippen molar-refractivity contribution in [3.8, 4) is 11.5 Å². The summed E-state index contributed by atoms with van der Waals surface area (Å²) >= 11 is 0. The molecule has 0 spiro atoms. The van der Waals surface area contributed by atoms with Gasteiger partial charge < -0.3 is 9.32 Å². The van der Waals surface area contributed by atoms with Crippen LogP contribution in [0.5, 0.6) is 0 Å². The zero-order chi connectivity index (χ0) is 24.7. The van der Waals surface area contributed by atoms with Crippen molar-refractivity contribution in [3.05, 3.63) is 70.9 Å². The quantitative estimate of drug-likeness (QED) is 0.430. The molecule has 0 radical (unpaired) electrons. The number of aromatic nitrogens is 2. The van der Waals surface area contributed by atoms with Crippen LogP contribution in [0.15, 0.2) is 46.9 Å². The molecule has 0 saturated carbocycles. The molecule has 1 fully saturated rings. The van der Waals surface area contributed by atoms with Crippen molar-refractivity contribution in [3.63, 3.8) is 0 Å². The van der Waals surface area contributed by atoms with E-state index in [0.29, 0.717) is 30.5 Å². The summed E-state index contributed by atoms with van der Waals surface area (Å²) < 4.78 is 97.6. The number of benzene rings is 2. The molecule has 0 aliphatic carbocycles. The van der Waals surface area contributed by atoms with Gasteiger partial charge in [0, 0.05) is 24.2 Å². The molecule has 3 aromatic rings. The number of likely N-dealkylation sites (tertiary alicyclic amines) is 1. The highest BCUT2D eigenvalue weighted by Gasteiger charge is 2.38. The van der Waals surface area contributed by atoms with Crippen LogP contribution in [0.2, 0.25) is 0 Å². The van der Waals surface area contributed by atoms with E-state index in [1.54, 1.807) is 0 Å². The Kier molecular flexibility index (Phi) is 6.09. The van der Waals surface area contributed by atoms with E-state index in [1.165, 1.54) is 29.2 Å². The Morgan fingerprint density at radius 3 is 2.15 bits per heavy atom. The van der Waals surface area contributed by atoms with Crippen molar-refractivity contribution in [1.29, 1.82) is 0 Å². The van der Waals surface area contributed by atoms with Crippen LogP contribution in [-0.4, -0.2) is 34.1 Å². The van der Waals surface area contributed by atoms with Crippen LogP contribution < -0.4 is 0 Å². The summed E-state index contributed by atoms with van der Waals surface area (Å²) in [5.41, 5.74) is -3.35. The fourth-order valence-corrected chi connectivity index (χ4v) is 3.73. The maximum absolute atomic E-state index is 13.1. The number of alkyl halides is 6. The summed E-state index contributed by atoms with van der Waals surface area (Å²) in [7, 11) is 0. The smallest absolute Gasteiger partial charge is 0.416 e. The summed E-state index contributed by atoms with van der Waals surface area (Å²) in [6.07, 6.45) is -9.16. The summed E-state index contributed by atoms with van der Waals surface area (Å²) in [5, 5.41) is 7.86. The normalized spacial score (nSPS) is 17.1. The second-order valence-corrected chi connectivity index (χ2v) is 7.84. The largest absolute Gasteiger partial charge is 0.420 e. The van der Waals surface area contributed by atoms with Crippen molar-refractivity contribution in [2.24, 2.45) is 0 Å². The third-order valence-electron chi connectivity index (χ3n) is 5.42. The molecule has 0 N–H and O–H groups in total. The number of halogens is 7. The first kappa shape index (κ1) is 23.7. The van der Waals surface area contributed by atoms with Crippen LogP contribution in [0.1, 0.15) is 46.1 Å². The van der Waals surface area contributed by atoms with Crippen molar-refractivity contribution in [2.45, 2.75) is 31.1 Å². The van der Waals surface area contributed by atoms with Gasteiger partial charge in [-0.3, -0.25) is 4.79 Å². The van der Waals surface area contributed by atoms with Crippen LogP contribution >= 0.6 is 0 Å². The first-order chi connectivity index (χ1) is 15.9. The number of amides is 1. The van der Waals surface area contributed by atoms with Crippen molar-refractivity contribution >= 4 is 5.91 Å². The van der Waals surface area contributed by atoms with E-state index >= 15 is 0 Å². The van der Waals surface area contributed by atoms with Crippen molar-refractivity contribution < 1.29 is 39.9 Å². The summed E-state index contributed by atoms with van der Waals surface area (Å²) in [4.78, 5) is 14.1. The highest BCUT2D eigenvalue weighted by molar-refractivity contribution is 5.94. The van der Waals surface area contributed by atoms with Crippen LogP contribution in [0.3, 0.4) is 0 Å². The monoisotopic (exact) mass is 487 g/mol. The van der Waals surface area contributed by atoms with Gasteiger partial charge in [-0.15, -0.1) is 10.2 Å². The Balaban J connectivity index is 1.57. The van der Waals surface area contributed by atoms with Gasteiger partial charge in [-0.2, -0.15) is 26.3 Å². The van der Waals surface area contributed by atoms with Gasteiger partial charge >= 0.3 is 12.4 Å². The van der Waals surface area contributed by atoms with Gasteiger partial charge in [0.25, 0.3) is 5.91 Å². The molecule has 1 atom stereocenters. The molecule has 12 heteroatoms. The second kappa shape index (κ2) is 8.73. The lowest BCUT2D eigenvalue weighted by molar-refractivity contribution is -0.143. The Morgan fingerprint density at radius 1 is 0.941 bits per heavy atom. The molecule has 1 aliphatic heterocycles. The van der Waals surface area contributed by atoms with Crippen LogP contribution in [0.4, 0.5) is 30.7 Å². The van der Waals surface area contributed by atoms with E-state index in [2.05, 4.69) is 10.2 Å². The number of carbonyl (C=O) groups excluding carboxylic acids is 1. The maximum Gasteiger partial charge on any atom is 0.416 e. The lowest BCUT2D eigenvalue weighted by atomic mass is 9.96. The maximum atomic E-state index is 13.1. The summed E-state index contributed by atoms with van der Waals surface area (Å²) in [6.45, 7) is 0.118. The predicted molar refractivity (Wildman–Crippen MR) is 104 cm³/mol. The molecular formula is C22H16F7N3O2. The van der Waals surface area contributed by atoms with Crippen molar-refractivity contribution in [1.82, 2.24) is 15.1 Å². The van der Waals surface area contributed by atoms with E-state index in [1.807, 2.05) is 0 Å². The van der Waals surface area contributed by atoms with Gasteiger partial charge in [0.1, 0.15) is 5.82 Å². The van der Waals surface area contributed by atoms with E-state index < -0.39 is 46.7 Å². The van der Waals surface area contributed by atoms with E-state index in [0.717, 1.165) is 0 Å². The molecular weight excluding hydrogens is 471 g/mol. The third-order valence-corrected chi connectivity index (χ3v) is 5.42. The second-order valence-electron chi connectivity index (χ2n) is 7.84. The minimum Gasteiger partial charge on any atom is -0.420 e. The SMILES string of the molecule is O=C(c1cc(C(F)(F)F)cc(C(F)(F)F)c1)N1CCCC(c2nnc(-c3ccc(F)cc3)o2)C1. The van der Waals surface area contributed by atoms with Gasteiger partial charge in [0.2, 0.25) is 11.8 Å². The molecule has 1 unspecified atom stereocenters. The molecule has 4 rings (SSSR count). The Hall–Kier alpha value is -3.44. The number of hydrogen-bond acceptors (Lipinski definition) is 4.